The van der Waals surface area contributed by atoms with Crippen molar-refractivity contribution in [2.24, 2.45) is 4.99 Å². The maximum Gasteiger partial charge on any atom is 0.264 e. The van der Waals surface area contributed by atoms with Gasteiger partial charge in [0.25, 0.3) is 5.91 Å². The number of amides is 1. The molecule has 0 bridgehead atoms. The van der Waals surface area contributed by atoms with Gasteiger partial charge in [-0.2, -0.15) is 0 Å². The molecule has 7 heteroatoms. The van der Waals surface area contributed by atoms with Crippen LogP contribution in [0, 0.1) is 0 Å². The molecule has 1 aliphatic rings. The Morgan fingerprint density at radius 2 is 1.84 bits per heavy atom. The Morgan fingerprint density at radius 3 is 2.44 bits per heavy atom. The summed E-state index contributed by atoms with van der Waals surface area (Å²) in [5, 5.41) is 13.9. The van der Waals surface area contributed by atoms with E-state index in [1.54, 1.807) is 49.6 Å². The third kappa shape index (κ3) is 4.07. The highest BCUT2D eigenvalue weighted by molar-refractivity contribution is 8.18. The van der Waals surface area contributed by atoms with Crippen LogP contribution in [-0.2, 0) is 4.79 Å². The van der Waals surface area contributed by atoms with Gasteiger partial charge in [-0.3, -0.25) is 4.79 Å². The van der Waals surface area contributed by atoms with E-state index in [9.17, 15) is 14.7 Å². The van der Waals surface area contributed by atoms with Crippen molar-refractivity contribution in [3.05, 3.63) is 64.6 Å². The quantitative estimate of drug-likeness (QED) is 0.849. The molecule has 0 atom stereocenters. The summed E-state index contributed by atoms with van der Waals surface area (Å²) in [6.45, 7) is 0. The molecule has 0 aliphatic carbocycles. The molecule has 1 aliphatic heterocycles. The number of amidine groups is 1. The molecule has 6 nitrogen and oxygen atoms in total. The van der Waals surface area contributed by atoms with Crippen molar-refractivity contribution in [2.45, 2.75) is 0 Å². The SMILES string of the molecule is COc1ccc(N=C2NC(=O)/C(=C/c3ccc(C(=O)[O-])cc3)S2)cc1. The fourth-order valence-electron chi connectivity index (χ4n) is 2.12. The van der Waals surface area contributed by atoms with Gasteiger partial charge >= 0.3 is 0 Å². The number of thioether (sulfide) groups is 1. The Kier molecular flexibility index (Phi) is 4.85. The first-order valence-corrected chi connectivity index (χ1v) is 8.12. The molecule has 0 saturated carbocycles. The van der Waals surface area contributed by atoms with Crippen LogP contribution >= 0.6 is 11.8 Å². The van der Waals surface area contributed by atoms with Crippen molar-refractivity contribution in [2.75, 3.05) is 7.11 Å². The Bertz CT molecular complexity index is 871. The molecule has 126 valence electrons. The Labute approximate surface area is 148 Å². The monoisotopic (exact) mass is 353 g/mol. The Hall–Kier alpha value is -3.06. The van der Waals surface area contributed by atoms with Gasteiger partial charge in [-0.1, -0.05) is 24.3 Å². The van der Waals surface area contributed by atoms with Crippen LogP contribution in [0.4, 0.5) is 5.69 Å². The summed E-state index contributed by atoms with van der Waals surface area (Å²) in [5.74, 6) is -0.755. The number of hydrogen-bond donors (Lipinski definition) is 1. The number of carbonyl (C=O) groups is 2. The molecule has 2 aromatic carbocycles. The molecule has 0 unspecified atom stereocenters. The number of ether oxygens (including phenoxy) is 1. The molecule has 1 amide bonds. The van der Waals surface area contributed by atoms with Crippen LogP contribution in [0.2, 0.25) is 0 Å². The van der Waals surface area contributed by atoms with Crippen molar-refractivity contribution in [3.63, 3.8) is 0 Å². The highest BCUT2D eigenvalue weighted by atomic mass is 32.2. The maximum absolute atomic E-state index is 12.0. The number of carboxylic acid groups (broad SMARTS) is 1. The zero-order chi connectivity index (χ0) is 17.8. The summed E-state index contributed by atoms with van der Waals surface area (Å²) in [7, 11) is 1.59. The van der Waals surface area contributed by atoms with E-state index in [2.05, 4.69) is 10.3 Å². The minimum Gasteiger partial charge on any atom is -0.545 e. The number of nitrogens with one attached hydrogen (secondary N) is 1. The predicted octanol–water partition coefficient (Wildman–Crippen LogP) is 1.95. The van der Waals surface area contributed by atoms with E-state index >= 15 is 0 Å². The van der Waals surface area contributed by atoms with Gasteiger partial charge in [0, 0.05) is 0 Å². The first-order chi connectivity index (χ1) is 12.0. The fraction of sp³-hybridized carbons (Fsp3) is 0.0556. The van der Waals surface area contributed by atoms with E-state index in [-0.39, 0.29) is 11.5 Å². The molecule has 0 radical (unpaired) electrons. The summed E-state index contributed by atoms with van der Waals surface area (Å²) in [5.41, 5.74) is 1.50. The lowest BCUT2D eigenvalue weighted by Crippen LogP contribution is -2.21. The van der Waals surface area contributed by atoms with Crippen LogP contribution in [0.15, 0.2) is 58.4 Å². The van der Waals surface area contributed by atoms with Gasteiger partial charge in [0.05, 0.1) is 23.7 Å². The van der Waals surface area contributed by atoms with E-state index in [0.717, 1.165) is 5.75 Å². The third-order valence-corrected chi connectivity index (χ3v) is 4.31. The van der Waals surface area contributed by atoms with E-state index in [1.807, 2.05) is 0 Å². The summed E-state index contributed by atoms with van der Waals surface area (Å²) >= 11 is 1.22. The second kappa shape index (κ2) is 7.23. The molecule has 1 N–H and O–H groups in total. The van der Waals surface area contributed by atoms with Gasteiger partial charge < -0.3 is 20.0 Å². The van der Waals surface area contributed by atoms with Gasteiger partial charge in [0.1, 0.15) is 5.75 Å². The van der Waals surface area contributed by atoms with Crippen LogP contribution in [-0.4, -0.2) is 24.2 Å². The van der Waals surface area contributed by atoms with Crippen molar-refractivity contribution < 1.29 is 19.4 Å². The smallest absolute Gasteiger partial charge is 0.264 e. The zero-order valence-corrected chi connectivity index (χ0v) is 14.0. The van der Waals surface area contributed by atoms with Crippen LogP contribution in [0.3, 0.4) is 0 Å². The normalized spacial score (nSPS) is 16.9. The Balaban J connectivity index is 1.77. The highest BCUT2D eigenvalue weighted by Gasteiger charge is 2.23. The minimum absolute atomic E-state index is 0.0902. The topological polar surface area (TPSA) is 90.8 Å². The summed E-state index contributed by atoms with van der Waals surface area (Å²) < 4.78 is 5.09. The van der Waals surface area contributed by atoms with Gasteiger partial charge in [-0.25, -0.2) is 4.99 Å². The number of aliphatic imine (C=N–C) groups is 1. The minimum atomic E-state index is -1.24. The molecule has 3 rings (SSSR count). The molecule has 1 saturated heterocycles. The second-order valence-electron chi connectivity index (χ2n) is 5.09. The van der Waals surface area contributed by atoms with Crippen LogP contribution in [0.25, 0.3) is 6.08 Å². The van der Waals surface area contributed by atoms with Crippen LogP contribution in [0.5, 0.6) is 5.75 Å². The molecule has 0 aromatic heterocycles. The molecule has 1 heterocycles. The average molecular weight is 353 g/mol. The number of nitrogens with zero attached hydrogens (tertiary/aromatic N) is 1. The number of aromatic carboxylic acids is 1. The number of carbonyl (C=O) groups excluding carboxylic acids is 2. The standard InChI is InChI=1S/C18H14N2O4S/c1-24-14-8-6-13(7-9-14)19-18-20-16(21)15(25-18)10-11-2-4-12(5-3-11)17(22)23/h2-10H,1H3,(H,22,23)(H,19,20,21)/p-1/b15-10-. The largest absolute Gasteiger partial charge is 0.545 e. The van der Waals surface area contributed by atoms with Gasteiger partial charge in [0.15, 0.2) is 5.17 Å². The first-order valence-electron chi connectivity index (χ1n) is 7.30. The lowest BCUT2D eigenvalue weighted by Gasteiger charge is -2.02. The highest BCUT2D eigenvalue weighted by Crippen LogP contribution is 2.28. The van der Waals surface area contributed by atoms with E-state index < -0.39 is 5.97 Å². The second-order valence-corrected chi connectivity index (χ2v) is 6.12. The third-order valence-electron chi connectivity index (χ3n) is 3.40. The molecule has 0 spiro atoms. The van der Waals surface area contributed by atoms with Gasteiger partial charge in [-0.05, 0) is 53.2 Å². The lowest BCUT2D eigenvalue weighted by atomic mass is 10.1. The fourth-order valence-corrected chi connectivity index (χ4v) is 2.96. The predicted molar refractivity (Wildman–Crippen MR) is 94.6 cm³/mol. The number of benzene rings is 2. The number of carboxylic acids is 1. The van der Waals surface area contributed by atoms with Crippen molar-refractivity contribution in [1.29, 1.82) is 0 Å². The molecular weight excluding hydrogens is 340 g/mol. The van der Waals surface area contributed by atoms with Gasteiger partial charge in [-0.15, -0.1) is 0 Å². The van der Waals surface area contributed by atoms with E-state index in [4.69, 9.17) is 4.74 Å². The van der Waals surface area contributed by atoms with Crippen LogP contribution in [0.1, 0.15) is 15.9 Å². The Morgan fingerprint density at radius 1 is 1.16 bits per heavy atom. The lowest BCUT2D eigenvalue weighted by molar-refractivity contribution is -0.255. The van der Waals surface area contributed by atoms with Gasteiger partial charge in [0.2, 0.25) is 0 Å². The van der Waals surface area contributed by atoms with Crippen LogP contribution < -0.4 is 15.2 Å². The molecule has 25 heavy (non-hydrogen) atoms. The van der Waals surface area contributed by atoms with E-state index in [0.29, 0.717) is 21.3 Å². The maximum atomic E-state index is 12.0. The van der Waals surface area contributed by atoms with Crippen molar-refractivity contribution in [1.82, 2.24) is 5.32 Å². The zero-order valence-electron chi connectivity index (χ0n) is 13.2. The summed E-state index contributed by atoms with van der Waals surface area (Å²) in [6, 6.07) is 13.3. The average Bonchev–Trinajstić information content (AvgIpc) is 2.95. The number of methoxy groups -OCH3 is 1. The summed E-state index contributed by atoms with van der Waals surface area (Å²) in [6.07, 6.45) is 1.68. The first kappa shape index (κ1) is 16.8. The molecule has 1 fully saturated rings. The van der Waals surface area contributed by atoms with Crippen molar-refractivity contribution in [3.8, 4) is 5.75 Å². The number of hydrogen-bond acceptors (Lipinski definition) is 6. The summed E-state index contributed by atoms with van der Waals surface area (Å²) in [4.78, 5) is 27.7. The molecular formula is C18H13N2O4S-. The van der Waals surface area contributed by atoms with Crippen molar-refractivity contribution >= 4 is 40.6 Å². The van der Waals surface area contributed by atoms with E-state index in [1.165, 1.54) is 23.9 Å². The number of rotatable bonds is 4. The molecule has 2 aromatic rings.